The first kappa shape index (κ1) is 15.0. The van der Waals surface area contributed by atoms with Crippen LogP contribution >= 0.6 is 0 Å². The van der Waals surface area contributed by atoms with Crippen LogP contribution in [0.2, 0.25) is 0 Å². The quantitative estimate of drug-likeness (QED) is 0.942. The highest BCUT2D eigenvalue weighted by molar-refractivity contribution is 5.61. The Balaban J connectivity index is 1.76. The highest BCUT2D eigenvalue weighted by Gasteiger charge is 2.14. The van der Waals surface area contributed by atoms with Crippen LogP contribution in [0, 0.1) is 5.92 Å². The molecule has 1 aromatic heterocycles. The summed E-state index contributed by atoms with van der Waals surface area (Å²) in [5.74, 6) is 1.58. The van der Waals surface area contributed by atoms with E-state index in [-0.39, 0.29) is 0 Å². The number of rotatable bonds is 4. The van der Waals surface area contributed by atoms with E-state index in [4.69, 9.17) is 4.74 Å². The van der Waals surface area contributed by atoms with Gasteiger partial charge in [-0.25, -0.2) is 9.97 Å². The lowest BCUT2D eigenvalue weighted by molar-refractivity contribution is 0.415. The lowest BCUT2D eigenvalue weighted by Gasteiger charge is -2.13. The third kappa shape index (κ3) is 3.83. The third-order valence-electron chi connectivity index (χ3n) is 4.28. The molecule has 2 heterocycles. The minimum absolute atomic E-state index is 0.725. The van der Waals surface area contributed by atoms with Crippen molar-refractivity contribution in [3.05, 3.63) is 42.4 Å². The van der Waals surface area contributed by atoms with Crippen molar-refractivity contribution in [3.8, 4) is 17.0 Å². The standard InChI is InChI=1S/C18H23N3O/c1-22-17-6-2-5-15(11-17)18-12-16(20-13-21-18)10-14-4-3-8-19-9-7-14/h2,5-6,11-14,19H,3-4,7-10H2,1H3/t14-/m0/s1. The molecule has 1 aromatic carbocycles. The fourth-order valence-corrected chi connectivity index (χ4v) is 3.04. The Morgan fingerprint density at radius 1 is 1.18 bits per heavy atom. The number of methoxy groups -OCH3 is 1. The van der Waals surface area contributed by atoms with Gasteiger partial charge in [0.2, 0.25) is 0 Å². The van der Waals surface area contributed by atoms with Crippen molar-refractivity contribution in [2.24, 2.45) is 5.92 Å². The van der Waals surface area contributed by atoms with E-state index >= 15 is 0 Å². The van der Waals surface area contributed by atoms with Crippen molar-refractivity contribution < 1.29 is 4.74 Å². The molecule has 4 nitrogen and oxygen atoms in total. The van der Waals surface area contributed by atoms with Crippen molar-refractivity contribution >= 4 is 0 Å². The molecule has 1 aliphatic rings. The monoisotopic (exact) mass is 297 g/mol. The van der Waals surface area contributed by atoms with Crippen LogP contribution in [0.4, 0.5) is 0 Å². The van der Waals surface area contributed by atoms with Gasteiger partial charge < -0.3 is 10.1 Å². The second-order valence-electron chi connectivity index (χ2n) is 5.88. The van der Waals surface area contributed by atoms with Crippen LogP contribution in [-0.4, -0.2) is 30.2 Å². The summed E-state index contributed by atoms with van der Waals surface area (Å²) in [7, 11) is 1.69. The predicted molar refractivity (Wildman–Crippen MR) is 87.9 cm³/mol. The predicted octanol–water partition coefficient (Wildman–Crippen LogP) is 3.08. The zero-order valence-electron chi connectivity index (χ0n) is 13.1. The highest BCUT2D eigenvalue weighted by atomic mass is 16.5. The summed E-state index contributed by atoms with van der Waals surface area (Å²) >= 11 is 0. The Hall–Kier alpha value is -1.94. The molecule has 116 valence electrons. The van der Waals surface area contributed by atoms with Gasteiger partial charge in [-0.05, 0) is 62.9 Å². The summed E-state index contributed by atoms with van der Waals surface area (Å²) in [4.78, 5) is 8.89. The minimum atomic E-state index is 0.725. The molecule has 4 heteroatoms. The first-order chi connectivity index (χ1) is 10.8. The molecule has 0 amide bonds. The molecule has 0 saturated carbocycles. The largest absolute Gasteiger partial charge is 0.497 e. The van der Waals surface area contributed by atoms with Crippen molar-refractivity contribution in [2.45, 2.75) is 25.7 Å². The second kappa shape index (κ2) is 7.36. The van der Waals surface area contributed by atoms with E-state index in [2.05, 4.69) is 27.4 Å². The second-order valence-corrected chi connectivity index (χ2v) is 5.88. The van der Waals surface area contributed by atoms with Crippen molar-refractivity contribution in [3.63, 3.8) is 0 Å². The number of aromatic nitrogens is 2. The molecular weight excluding hydrogens is 274 g/mol. The van der Waals surface area contributed by atoms with Gasteiger partial charge in [0.1, 0.15) is 12.1 Å². The molecule has 0 radical (unpaired) electrons. The third-order valence-corrected chi connectivity index (χ3v) is 4.28. The van der Waals surface area contributed by atoms with Gasteiger partial charge in [-0.3, -0.25) is 0 Å². The lowest BCUT2D eigenvalue weighted by atomic mass is 9.94. The van der Waals surface area contributed by atoms with E-state index in [9.17, 15) is 0 Å². The zero-order chi connectivity index (χ0) is 15.2. The number of hydrogen-bond donors (Lipinski definition) is 1. The fraction of sp³-hybridized carbons (Fsp3) is 0.444. The van der Waals surface area contributed by atoms with Crippen molar-refractivity contribution in [1.82, 2.24) is 15.3 Å². The number of nitrogens with one attached hydrogen (secondary N) is 1. The number of benzene rings is 1. The van der Waals surface area contributed by atoms with Crippen LogP contribution in [0.25, 0.3) is 11.3 Å². The number of hydrogen-bond acceptors (Lipinski definition) is 4. The maximum absolute atomic E-state index is 5.29. The lowest BCUT2D eigenvalue weighted by Crippen LogP contribution is -2.14. The molecule has 1 aliphatic heterocycles. The Bertz CT molecular complexity index is 607. The minimum Gasteiger partial charge on any atom is -0.497 e. The number of nitrogens with zero attached hydrogens (tertiary/aromatic N) is 2. The summed E-state index contributed by atoms with van der Waals surface area (Å²) in [5, 5.41) is 3.47. The maximum atomic E-state index is 5.29. The van der Waals surface area contributed by atoms with Crippen LogP contribution in [0.5, 0.6) is 5.75 Å². The summed E-state index contributed by atoms with van der Waals surface area (Å²) < 4.78 is 5.29. The average molecular weight is 297 g/mol. The van der Waals surface area contributed by atoms with Gasteiger partial charge in [0, 0.05) is 11.3 Å². The molecule has 1 saturated heterocycles. The molecule has 0 unspecified atom stereocenters. The molecule has 1 atom stereocenters. The Morgan fingerprint density at radius 2 is 2.14 bits per heavy atom. The van der Waals surface area contributed by atoms with E-state index in [1.165, 1.54) is 19.3 Å². The van der Waals surface area contributed by atoms with Gasteiger partial charge in [0.25, 0.3) is 0 Å². The Kier molecular flexibility index (Phi) is 5.01. The fourth-order valence-electron chi connectivity index (χ4n) is 3.04. The number of ether oxygens (including phenoxy) is 1. The molecule has 2 aromatic rings. The molecule has 22 heavy (non-hydrogen) atoms. The van der Waals surface area contributed by atoms with Crippen molar-refractivity contribution in [2.75, 3.05) is 20.2 Å². The SMILES string of the molecule is COc1cccc(-c2cc(C[C@H]3CCCNCC3)ncn2)c1. The van der Waals surface area contributed by atoms with Crippen molar-refractivity contribution in [1.29, 1.82) is 0 Å². The van der Waals surface area contributed by atoms with Crippen LogP contribution in [-0.2, 0) is 6.42 Å². The van der Waals surface area contributed by atoms with Gasteiger partial charge in [0.15, 0.2) is 0 Å². The first-order valence-corrected chi connectivity index (χ1v) is 8.01. The van der Waals surface area contributed by atoms with Gasteiger partial charge in [-0.2, -0.15) is 0 Å². The van der Waals surface area contributed by atoms with E-state index in [1.54, 1.807) is 13.4 Å². The van der Waals surface area contributed by atoms with Gasteiger partial charge in [-0.15, -0.1) is 0 Å². The van der Waals surface area contributed by atoms with Crippen LogP contribution in [0.3, 0.4) is 0 Å². The molecular formula is C18H23N3O. The maximum Gasteiger partial charge on any atom is 0.119 e. The smallest absolute Gasteiger partial charge is 0.119 e. The molecule has 1 N–H and O–H groups in total. The summed E-state index contributed by atoms with van der Waals surface area (Å²) in [6.45, 7) is 2.27. The van der Waals surface area contributed by atoms with Gasteiger partial charge in [0.05, 0.1) is 12.8 Å². The van der Waals surface area contributed by atoms with E-state index in [0.717, 1.165) is 48.1 Å². The van der Waals surface area contributed by atoms with Crippen LogP contribution in [0.1, 0.15) is 25.0 Å². The normalized spacial score (nSPS) is 18.7. The molecule has 0 spiro atoms. The molecule has 0 aliphatic carbocycles. The zero-order valence-corrected chi connectivity index (χ0v) is 13.1. The summed E-state index contributed by atoms with van der Waals surface area (Å²) in [6, 6.07) is 10.1. The Labute approximate surface area is 132 Å². The average Bonchev–Trinajstić information content (AvgIpc) is 2.84. The van der Waals surface area contributed by atoms with E-state index in [0.29, 0.717) is 0 Å². The summed E-state index contributed by atoms with van der Waals surface area (Å²) in [5.41, 5.74) is 3.18. The molecule has 0 bridgehead atoms. The first-order valence-electron chi connectivity index (χ1n) is 8.01. The van der Waals surface area contributed by atoms with Crippen LogP contribution in [0.15, 0.2) is 36.7 Å². The topological polar surface area (TPSA) is 47.0 Å². The van der Waals surface area contributed by atoms with Gasteiger partial charge in [-0.1, -0.05) is 12.1 Å². The van der Waals surface area contributed by atoms with E-state index in [1.807, 2.05) is 18.2 Å². The molecule has 1 fully saturated rings. The highest BCUT2D eigenvalue weighted by Crippen LogP contribution is 2.24. The van der Waals surface area contributed by atoms with Gasteiger partial charge >= 0.3 is 0 Å². The van der Waals surface area contributed by atoms with Crippen LogP contribution < -0.4 is 10.1 Å². The van der Waals surface area contributed by atoms with E-state index < -0.39 is 0 Å². The molecule has 3 rings (SSSR count). The summed E-state index contributed by atoms with van der Waals surface area (Å²) in [6.07, 6.45) is 6.50. The Morgan fingerprint density at radius 3 is 3.05 bits per heavy atom.